The molecule has 2 aromatic carbocycles. The Hall–Kier alpha value is -3.62. The van der Waals surface area contributed by atoms with Crippen molar-refractivity contribution in [2.24, 2.45) is 9.98 Å². The van der Waals surface area contributed by atoms with Crippen molar-refractivity contribution in [2.75, 3.05) is 31.5 Å². The molecule has 0 spiro atoms. The second-order valence-corrected chi connectivity index (χ2v) is 7.20. The molecule has 2 aromatic rings. The van der Waals surface area contributed by atoms with Crippen molar-refractivity contribution in [1.29, 1.82) is 0 Å². The number of amides is 2. The molecule has 0 unspecified atom stereocenters. The van der Waals surface area contributed by atoms with Crippen LogP contribution >= 0.6 is 24.8 Å². The molecule has 2 aliphatic heterocycles. The molecule has 2 aliphatic rings. The summed E-state index contributed by atoms with van der Waals surface area (Å²) in [6.07, 6.45) is 6.41. The Balaban J connectivity index is 0.00000204. The van der Waals surface area contributed by atoms with Gasteiger partial charge in [0.25, 0.3) is 5.91 Å². The Morgan fingerprint density at radius 2 is 1.29 bits per heavy atom. The number of carbonyl (C=O) groups is 2. The first-order chi connectivity index (χ1) is 15.7. The maximum Gasteiger partial charge on any atom is 0.250 e. The van der Waals surface area contributed by atoms with Crippen LogP contribution in [0.25, 0.3) is 12.2 Å². The SMILES string of the molecule is Cl.Cl.O=C(/C=C\c1ccc(/C=C\C(=O)Nc2ccc(C3=NCCN3)cc2)cc1)NC1=NCCN1. The number of anilines is 1. The number of carbonyl (C=O) groups excluding carboxylic acids is 2. The van der Waals surface area contributed by atoms with Gasteiger partial charge >= 0.3 is 0 Å². The Labute approximate surface area is 210 Å². The Bertz CT molecular complexity index is 1110. The van der Waals surface area contributed by atoms with Gasteiger partial charge in [0.1, 0.15) is 5.84 Å². The summed E-state index contributed by atoms with van der Waals surface area (Å²) in [4.78, 5) is 32.6. The van der Waals surface area contributed by atoms with Crippen molar-refractivity contribution in [3.05, 3.63) is 77.4 Å². The van der Waals surface area contributed by atoms with Crippen LogP contribution in [0.15, 0.2) is 70.7 Å². The van der Waals surface area contributed by atoms with Gasteiger partial charge in [0.05, 0.1) is 13.1 Å². The monoisotopic (exact) mass is 500 g/mol. The summed E-state index contributed by atoms with van der Waals surface area (Å²) in [5, 5.41) is 11.7. The fourth-order valence-electron chi connectivity index (χ4n) is 3.19. The smallest absolute Gasteiger partial charge is 0.250 e. The van der Waals surface area contributed by atoms with Gasteiger partial charge in [-0.2, -0.15) is 0 Å². The van der Waals surface area contributed by atoms with Gasteiger partial charge in [-0.1, -0.05) is 24.3 Å². The molecular formula is C24H26Cl2N6O2. The third-order valence-corrected chi connectivity index (χ3v) is 4.81. The lowest BCUT2D eigenvalue weighted by Gasteiger charge is -2.05. The Kier molecular flexibility index (Phi) is 10.3. The number of hydrogen-bond acceptors (Lipinski definition) is 6. The van der Waals surface area contributed by atoms with E-state index < -0.39 is 0 Å². The number of aliphatic imine (C=N–C) groups is 2. The number of amidine groups is 1. The molecule has 178 valence electrons. The van der Waals surface area contributed by atoms with E-state index in [4.69, 9.17) is 0 Å². The van der Waals surface area contributed by atoms with Crippen molar-refractivity contribution >= 4 is 66.3 Å². The molecule has 4 rings (SSSR count). The molecule has 0 fully saturated rings. The number of benzene rings is 2. The molecule has 2 amide bonds. The summed E-state index contributed by atoms with van der Waals surface area (Å²) in [6.45, 7) is 3.07. The van der Waals surface area contributed by atoms with Crippen molar-refractivity contribution in [1.82, 2.24) is 16.0 Å². The number of hydrogen-bond donors (Lipinski definition) is 4. The highest BCUT2D eigenvalue weighted by Crippen LogP contribution is 2.12. The lowest BCUT2D eigenvalue weighted by atomic mass is 10.1. The molecule has 0 aromatic heterocycles. The fraction of sp³-hybridized carbons (Fsp3) is 0.167. The van der Waals surface area contributed by atoms with Crippen molar-refractivity contribution < 1.29 is 9.59 Å². The van der Waals surface area contributed by atoms with Gasteiger partial charge in [0.2, 0.25) is 5.91 Å². The highest BCUT2D eigenvalue weighted by molar-refractivity contribution is 6.04. The average Bonchev–Trinajstić information content (AvgIpc) is 3.52. The molecule has 0 saturated heterocycles. The van der Waals surface area contributed by atoms with Crippen LogP contribution in [0.3, 0.4) is 0 Å². The lowest BCUT2D eigenvalue weighted by molar-refractivity contribution is -0.115. The highest BCUT2D eigenvalue weighted by atomic mass is 35.5. The molecule has 10 heteroatoms. The van der Waals surface area contributed by atoms with E-state index in [1.165, 1.54) is 12.2 Å². The van der Waals surface area contributed by atoms with Crippen LogP contribution in [0.2, 0.25) is 0 Å². The van der Waals surface area contributed by atoms with Gasteiger partial charge in [-0.3, -0.25) is 24.9 Å². The van der Waals surface area contributed by atoms with E-state index in [0.717, 1.165) is 47.8 Å². The average molecular weight is 501 g/mol. The number of nitrogens with zero attached hydrogens (tertiary/aromatic N) is 2. The third kappa shape index (κ3) is 7.75. The summed E-state index contributed by atoms with van der Waals surface area (Å²) >= 11 is 0. The van der Waals surface area contributed by atoms with E-state index in [2.05, 4.69) is 31.3 Å². The Morgan fingerprint density at radius 3 is 1.82 bits per heavy atom. The second kappa shape index (κ2) is 13.2. The maximum absolute atomic E-state index is 12.2. The van der Waals surface area contributed by atoms with Gasteiger partial charge in [-0.05, 0) is 47.5 Å². The summed E-state index contributed by atoms with van der Waals surface area (Å²) < 4.78 is 0. The topological polar surface area (TPSA) is 107 Å². The number of guanidine groups is 1. The molecule has 0 aliphatic carbocycles. The van der Waals surface area contributed by atoms with Crippen molar-refractivity contribution in [3.8, 4) is 0 Å². The second-order valence-electron chi connectivity index (χ2n) is 7.20. The van der Waals surface area contributed by atoms with Gasteiger partial charge in [-0.25, -0.2) is 0 Å². The first-order valence-corrected chi connectivity index (χ1v) is 10.4. The summed E-state index contributed by atoms with van der Waals surface area (Å²) in [6, 6.07) is 15.1. The lowest BCUT2D eigenvalue weighted by Crippen LogP contribution is -2.37. The minimum absolute atomic E-state index is 0. The van der Waals surface area contributed by atoms with Gasteiger partial charge in [-0.15, -0.1) is 24.8 Å². The molecule has 8 nitrogen and oxygen atoms in total. The van der Waals surface area contributed by atoms with E-state index in [1.807, 2.05) is 48.5 Å². The van der Waals surface area contributed by atoms with Crippen molar-refractivity contribution in [3.63, 3.8) is 0 Å². The van der Waals surface area contributed by atoms with Gasteiger partial charge in [0, 0.05) is 36.5 Å². The molecule has 34 heavy (non-hydrogen) atoms. The van der Waals surface area contributed by atoms with E-state index in [1.54, 1.807) is 12.2 Å². The minimum atomic E-state index is -0.237. The van der Waals surface area contributed by atoms with Crippen LogP contribution in [-0.4, -0.2) is 49.8 Å². The molecule has 0 radical (unpaired) electrons. The molecule has 0 saturated carbocycles. The van der Waals surface area contributed by atoms with E-state index in [-0.39, 0.29) is 36.6 Å². The molecule has 4 N–H and O–H groups in total. The third-order valence-electron chi connectivity index (χ3n) is 4.81. The highest BCUT2D eigenvalue weighted by Gasteiger charge is 2.08. The van der Waals surface area contributed by atoms with Gasteiger partial charge in [0.15, 0.2) is 5.96 Å². The fourth-order valence-corrected chi connectivity index (χ4v) is 3.19. The van der Waals surface area contributed by atoms with Crippen LogP contribution in [-0.2, 0) is 9.59 Å². The first-order valence-electron chi connectivity index (χ1n) is 10.4. The van der Waals surface area contributed by atoms with Crippen LogP contribution in [0, 0.1) is 0 Å². The molecular weight excluding hydrogens is 475 g/mol. The minimum Gasteiger partial charge on any atom is -0.368 e. The number of nitrogens with one attached hydrogen (secondary N) is 4. The molecule has 0 atom stereocenters. The van der Waals surface area contributed by atoms with Crippen LogP contribution in [0.4, 0.5) is 5.69 Å². The molecule has 0 bridgehead atoms. The summed E-state index contributed by atoms with van der Waals surface area (Å²) in [5.41, 5.74) is 3.49. The van der Waals surface area contributed by atoms with E-state index in [9.17, 15) is 9.59 Å². The quantitative estimate of drug-likeness (QED) is 0.457. The van der Waals surface area contributed by atoms with Gasteiger partial charge < -0.3 is 16.0 Å². The number of halogens is 2. The van der Waals surface area contributed by atoms with E-state index >= 15 is 0 Å². The van der Waals surface area contributed by atoms with E-state index in [0.29, 0.717) is 12.5 Å². The molecule has 2 heterocycles. The predicted molar refractivity (Wildman–Crippen MR) is 142 cm³/mol. The summed E-state index contributed by atoms with van der Waals surface area (Å²) in [5.74, 6) is 0.953. The zero-order valence-corrected chi connectivity index (χ0v) is 19.9. The normalized spacial score (nSPS) is 14.4. The summed E-state index contributed by atoms with van der Waals surface area (Å²) in [7, 11) is 0. The first kappa shape index (κ1) is 26.6. The zero-order valence-electron chi connectivity index (χ0n) is 18.3. The zero-order chi connectivity index (χ0) is 22.2. The maximum atomic E-state index is 12.2. The largest absolute Gasteiger partial charge is 0.368 e. The van der Waals surface area contributed by atoms with Crippen LogP contribution in [0.5, 0.6) is 0 Å². The van der Waals surface area contributed by atoms with Crippen LogP contribution < -0.4 is 21.3 Å². The standard InChI is InChI=1S/C24H24N6O2.2ClH/c31-21(29-20-9-7-19(8-10-20)23-25-13-14-26-23)11-5-17-1-3-18(4-2-17)6-12-22(32)30-24-27-15-16-28-24;;/h1-12H,13-16H2,(H,25,26)(H,29,31)(H2,27,28,30,32);2*1H/b11-5-,12-6-;;. The number of rotatable bonds is 6. The van der Waals surface area contributed by atoms with Crippen LogP contribution in [0.1, 0.15) is 16.7 Å². The Morgan fingerprint density at radius 1 is 0.735 bits per heavy atom. The predicted octanol–water partition coefficient (Wildman–Crippen LogP) is 2.62. The van der Waals surface area contributed by atoms with Crippen molar-refractivity contribution in [2.45, 2.75) is 0 Å².